The lowest BCUT2D eigenvalue weighted by Gasteiger charge is -2.06. The van der Waals surface area contributed by atoms with Crippen molar-refractivity contribution in [1.82, 2.24) is 9.19 Å². The Balaban J connectivity index is 2.10. The summed E-state index contributed by atoms with van der Waals surface area (Å²) in [5.41, 5.74) is 11.5. The Bertz CT molecular complexity index is 1110. The second-order valence-electron chi connectivity index (χ2n) is 5.41. The molecule has 2 aromatic carbocycles. The molecule has 0 saturated heterocycles. The van der Waals surface area contributed by atoms with Crippen molar-refractivity contribution in [1.29, 1.82) is 0 Å². The zero-order chi connectivity index (χ0) is 19.8. The third kappa shape index (κ3) is 3.70. The summed E-state index contributed by atoms with van der Waals surface area (Å²) in [6.07, 6.45) is 0. The summed E-state index contributed by atoms with van der Waals surface area (Å²) in [4.78, 5) is 11.7. The highest BCUT2D eigenvalue weighted by Crippen LogP contribution is 2.28. The van der Waals surface area contributed by atoms with E-state index in [1.54, 1.807) is 24.3 Å². The SMILES string of the molecule is NC(=O)c1c(Nc2ccc(Cl)cc2)nn(S(=O)(=O)c2ccc(Cl)cc2)c1N. The van der Waals surface area contributed by atoms with Crippen molar-refractivity contribution in [3.8, 4) is 0 Å². The second kappa shape index (κ2) is 7.10. The molecule has 1 aromatic heterocycles. The number of nitrogens with one attached hydrogen (secondary N) is 1. The van der Waals surface area contributed by atoms with Crippen molar-refractivity contribution in [2.24, 2.45) is 5.73 Å². The summed E-state index contributed by atoms with van der Waals surface area (Å²) >= 11 is 11.6. The highest BCUT2D eigenvalue weighted by atomic mass is 35.5. The Kier molecular flexibility index (Phi) is 5.01. The molecule has 0 atom stereocenters. The standard InChI is InChI=1S/C16H13Cl2N5O3S/c17-9-1-5-11(6-2-9)21-16-13(15(20)24)14(19)23(22-16)27(25,26)12-7-3-10(18)4-8-12/h1-8H,19H2,(H2,20,24)(H,21,22). The van der Waals surface area contributed by atoms with Gasteiger partial charge in [0.05, 0.1) is 4.90 Å². The molecule has 1 amide bonds. The second-order valence-corrected chi connectivity index (χ2v) is 8.05. The normalized spacial score (nSPS) is 11.3. The maximum Gasteiger partial charge on any atom is 0.284 e. The number of hydrogen-bond donors (Lipinski definition) is 3. The van der Waals surface area contributed by atoms with Crippen LogP contribution in [0.3, 0.4) is 0 Å². The van der Waals surface area contributed by atoms with E-state index in [0.717, 1.165) is 0 Å². The molecular weight excluding hydrogens is 413 g/mol. The van der Waals surface area contributed by atoms with Gasteiger partial charge in [0.1, 0.15) is 5.56 Å². The summed E-state index contributed by atoms with van der Waals surface area (Å²) in [5, 5.41) is 7.63. The number of carbonyl (C=O) groups excluding carboxylic acids is 1. The number of primary amides is 1. The first-order valence-electron chi connectivity index (χ1n) is 7.42. The van der Waals surface area contributed by atoms with Crippen LogP contribution in [0, 0.1) is 0 Å². The van der Waals surface area contributed by atoms with E-state index < -0.39 is 21.7 Å². The number of nitrogen functional groups attached to an aromatic ring is 1. The lowest BCUT2D eigenvalue weighted by atomic mass is 10.2. The number of nitrogens with two attached hydrogens (primary N) is 2. The Hall–Kier alpha value is -2.75. The van der Waals surface area contributed by atoms with Gasteiger partial charge >= 0.3 is 0 Å². The quantitative estimate of drug-likeness (QED) is 0.575. The van der Waals surface area contributed by atoms with E-state index >= 15 is 0 Å². The van der Waals surface area contributed by atoms with Gasteiger partial charge in [-0.1, -0.05) is 23.2 Å². The van der Waals surface area contributed by atoms with Crippen LogP contribution >= 0.6 is 23.2 Å². The third-order valence-corrected chi connectivity index (χ3v) is 5.69. The minimum Gasteiger partial charge on any atom is -0.382 e. The van der Waals surface area contributed by atoms with E-state index in [1.165, 1.54) is 24.3 Å². The van der Waals surface area contributed by atoms with Gasteiger partial charge in [-0.25, -0.2) is 0 Å². The number of hydrogen-bond acceptors (Lipinski definition) is 6. The fraction of sp³-hybridized carbons (Fsp3) is 0. The van der Waals surface area contributed by atoms with Gasteiger partial charge in [0, 0.05) is 15.7 Å². The monoisotopic (exact) mass is 425 g/mol. The van der Waals surface area contributed by atoms with E-state index in [-0.39, 0.29) is 16.3 Å². The summed E-state index contributed by atoms with van der Waals surface area (Å²) in [7, 11) is -4.17. The number of amides is 1. The van der Waals surface area contributed by atoms with Crippen LogP contribution in [0.15, 0.2) is 53.4 Å². The van der Waals surface area contributed by atoms with Gasteiger partial charge in [0.2, 0.25) is 0 Å². The van der Waals surface area contributed by atoms with Gasteiger partial charge < -0.3 is 16.8 Å². The molecule has 0 radical (unpaired) electrons. The smallest absolute Gasteiger partial charge is 0.284 e. The molecule has 0 aliphatic carbocycles. The molecule has 3 aromatic rings. The van der Waals surface area contributed by atoms with Gasteiger partial charge in [-0.3, -0.25) is 4.79 Å². The van der Waals surface area contributed by atoms with Crippen LogP contribution in [0.2, 0.25) is 10.0 Å². The first-order chi connectivity index (χ1) is 12.7. The molecule has 140 valence electrons. The molecule has 5 N–H and O–H groups in total. The predicted octanol–water partition coefficient (Wildman–Crippen LogP) is 2.85. The Morgan fingerprint density at radius 3 is 2.04 bits per heavy atom. The van der Waals surface area contributed by atoms with Crippen molar-refractivity contribution in [2.45, 2.75) is 4.90 Å². The van der Waals surface area contributed by atoms with Crippen molar-refractivity contribution < 1.29 is 13.2 Å². The number of nitrogens with zero attached hydrogens (tertiary/aromatic N) is 2. The summed E-state index contributed by atoms with van der Waals surface area (Å²) in [5.74, 6) is -1.43. The van der Waals surface area contributed by atoms with Crippen LogP contribution in [0.1, 0.15) is 10.4 Å². The molecule has 8 nitrogen and oxygen atoms in total. The molecule has 0 bridgehead atoms. The van der Waals surface area contributed by atoms with E-state index in [1.807, 2.05) is 0 Å². The zero-order valence-electron chi connectivity index (χ0n) is 13.6. The largest absolute Gasteiger partial charge is 0.382 e. The first-order valence-corrected chi connectivity index (χ1v) is 9.62. The molecule has 0 unspecified atom stereocenters. The average Bonchev–Trinajstić information content (AvgIpc) is 2.94. The number of benzene rings is 2. The highest BCUT2D eigenvalue weighted by Gasteiger charge is 2.28. The van der Waals surface area contributed by atoms with Crippen molar-refractivity contribution in [3.63, 3.8) is 0 Å². The van der Waals surface area contributed by atoms with Gasteiger partial charge in [-0.2, -0.15) is 8.42 Å². The highest BCUT2D eigenvalue weighted by molar-refractivity contribution is 7.90. The molecule has 0 aliphatic rings. The molecule has 0 aliphatic heterocycles. The Morgan fingerprint density at radius 1 is 1.00 bits per heavy atom. The van der Waals surface area contributed by atoms with E-state index in [9.17, 15) is 13.2 Å². The van der Waals surface area contributed by atoms with Gasteiger partial charge in [-0.15, -0.1) is 9.19 Å². The molecule has 3 rings (SSSR count). The lowest BCUT2D eigenvalue weighted by molar-refractivity contribution is 0.100. The van der Waals surface area contributed by atoms with E-state index in [4.69, 9.17) is 34.7 Å². The topological polar surface area (TPSA) is 133 Å². The molecule has 0 fully saturated rings. The van der Waals surface area contributed by atoms with Crippen LogP contribution < -0.4 is 16.8 Å². The lowest BCUT2D eigenvalue weighted by Crippen LogP contribution is -2.19. The molecular formula is C16H13Cl2N5O3S. The number of halogens is 2. The molecule has 0 saturated carbocycles. The molecule has 1 heterocycles. The van der Waals surface area contributed by atoms with Crippen LogP contribution in [0.5, 0.6) is 0 Å². The summed E-state index contributed by atoms with van der Waals surface area (Å²) < 4.78 is 26.2. The minimum atomic E-state index is -4.17. The van der Waals surface area contributed by atoms with E-state index in [0.29, 0.717) is 19.8 Å². The number of carbonyl (C=O) groups is 1. The van der Waals surface area contributed by atoms with Crippen molar-refractivity contribution in [2.75, 3.05) is 11.1 Å². The average molecular weight is 426 g/mol. The van der Waals surface area contributed by atoms with Crippen LogP contribution in [0.4, 0.5) is 17.3 Å². The first kappa shape index (κ1) is 19.0. The fourth-order valence-corrected chi connectivity index (χ4v) is 3.77. The summed E-state index contributed by atoms with van der Waals surface area (Å²) in [6.45, 7) is 0. The Labute approximate surface area is 164 Å². The molecule has 0 spiro atoms. The minimum absolute atomic E-state index is 0.0974. The van der Waals surface area contributed by atoms with Crippen molar-refractivity contribution >= 4 is 56.5 Å². The van der Waals surface area contributed by atoms with Crippen molar-refractivity contribution in [3.05, 3.63) is 64.1 Å². The maximum atomic E-state index is 12.8. The third-order valence-electron chi connectivity index (χ3n) is 3.58. The van der Waals surface area contributed by atoms with Crippen LogP contribution in [-0.4, -0.2) is 23.5 Å². The number of aromatic nitrogens is 2. The number of rotatable bonds is 5. The van der Waals surface area contributed by atoms with Crippen LogP contribution in [-0.2, 0) is 10.0 Å². The number of anilines is 3. The van der Waals surface area contributed by atoms with Crippen LogP contribution in [0.25, 0.3) is 0 Å². The van der Waals surface area contributed by atoms with Gasteiger partial charge in [0.15, 0.2) is 11.6 Å². The van der Waals surface area contributed by atoms with Gasteiger partial charge in [-0.05, 0) is 48.5 Å². The van der Waals surface area contributed by atoms with E-state index in [2.05, 4.69) is 10.4 Å². The molecule has 11 heteroatoms. The zero-order valence-corrected chi connectivity index (χ0v) is 15.9. The Morgan fingerprint density at radius 2 is 1.52 bits per heavy atom. The maximum absolute atomic E-state index is 12.8. The predicted molar refractivity (Wildman–Crippen MR) is 104 cm³/mol. The fourth-order valence-electron chi connectivity index (χ4n) is 2.30. The summed E-state index contributed by atoms with van der Waals surface area (Å²) in [6, 6.07) is 11.9. The van der Waals surface area contributed by atoms with Gasteiger partial charge in [0.25, 0.3) is 15.9 Å². The molecule has 27 heavy (non-hydrogen) atoms.